The van der Waals surface area contributed by atoms with Gasteiger partial charge in [-0.25, -0.2) is 0 Å². The van der Waals surface area contributed by atoms with Gasteiger partial charge in [-0.2, -0.15) is 0 Å². The largest absolute Gasteiger partial charge is 0.507 e. The number of aryl methyl sites for hydroxylation is 1. The van der Waals surface area contributed by atoms with Crippen LogP contribution < -0.4 is 10.6 Å². The van der Waals surface area contributed by atoms with Gasteiger partial charge in [0.25, 0.3) is 0 Å². The molecule has 0 aliphatic carbocycles. The second kappa shape index (κ2) is 6.72. The van der Waals surface area contributed by atoms with Crippen molar-refractivity contribution >= 4 is 11.6 Å². The van der Waals surface area contributed by atoms with Crippen molar-refractivity contribution in [3.05, 3.63) is 23.3 Å². The number of anilines is 1. The quantitative estimate of drug-likeness (QED) is 0.778. The number of nitrogens with zero attached hydrogens (tertiary/aromatic N) is 1. The molecule has 5 nitrogen and oxygen atoms in total. The average Bonchev–Trinajstić information content (AvgIpc) is 2.68. The van der Waals surface area contributed by atoms with Crippen LogP contribution in [0, 0.1) is 13.8 Å². The fourth-order valence-corrected chi connectivity index (χ4v) is 2.42. The summed E-state index contributed by atoms with van der Waals surface area (Å²) in [6.07, 6.45) is 1.07. The molecule has 3 N–H and O–H groups in total. The highest BCUT2D eigenvalue weighted by Crippen LogP contribution is 2.27. The summed E-state index contributed by atoms with van der Waals surface area (Å²) in [6, 6.07) is 3.65. The Balaban J connectivity index is 1.95. The Labute approximate surface area is 120 Å². The number of phenols is 1. The number of carbonyl (C=O) groups excluding carboxylic acids is 1. The van der Waals surface area contributed by atoms with Crippen LogP contribution in [0.25, 0.3) is 0 Å². The smallest absolute Gasteiger partial charge is 0.238 e. The molecule has 1 heterocycles. The fraction of sp³-hybridized carbons (Fsp3) is 0.533. The van der Waals surface area contributed by atoms with Gasteiger partial charge in [-0.05, 0) is 45.0 Å². The van der Waals surface area contributed by atoms with E-state index in [-0.39, 0.29) is 11.7 Å². The third-order valence-electron chi connectivity index (χ3n) is 3.71. The van der Waals surface area contributed by atoms with Crippen LogP contribution in [0.1, 0.15) is 17.5 Å². The van der Waals surface area contributed by atoms with E-state index < -0.39 is 0 Å². The molecule has 0 spiro atoms. The summed E-state index contributed by atoms with van der Waals surface area (Å²) in [7, 11) is 0. The molecular weight excluding hydrogens is 254 g/mol. The van der Waals surface area contributed by atoms with Gasteiger partial charge in [0.05, 0.1) is 6.54 Å². The maximum Gasteiger partial charge on any atom is 0.238 e. The summed E-state index contributed by atoms with van der Waals surface area (Å²) in [5.41, 5.74) is 2.22. The highest BCUT2D eigenvalue weighted by molar-refractivity contribution is 5.93. The van der Waals surface area contributed by atoms with Gasteiger partial charge in [0.15, 0.2) is 0 Å². The second-order valence-corrected chi connectivity index (χ2v) is 5.33. The summed E-state index contributed by atoms with van der Waals surface area (Å²) < 4.78 is 0. The summed E-state index contributed by atoms with van der Waals surface area (Å²) in [4.78, 5) is 14.2. The molecule has 0 aromatic heterocycles. The Morgan fingerprint density at radius 1 is 1.35 bits per heavy atom. The molecule has 0 atom stereocenters. The maximum absolute atomic E-state index is 12.1. The standard InChI is InChI=1S/C15H23N3O2/c1-11-4-5-13(12(2)15(11)20)17-14(19)10-18-8-3-6-16-7-9-18/h4-5,16,20H,3,6-10H2,1-2H3,(H,17,19). The lowest BCUT2D eigenvalue weighted by molar-refractivity contribution is -0.117. The summed E-state index contributed by atoms with van der Waals surface area (Å²) in [5.74, 6) is 0.222. The van der Waals surface area contributed by atoms with Crippen LogP contribution in [-0.4, -0.2) is 48.6 Å². The van der Waals surface area contributed by atoms with E-state index in [0.717, 1.165) is 43.7 Å². The molecule has 110 valence electrons. The Kier molecular flexibility index (Phi) is 4.98. The first-order valence-electron chi connectivity index (χ1n) is 7.10. The lowest BCUT2D eigenvalue weighted by atomic mass is 10.1. The van der Waals surface area contributed by atoms with Crippen molar-refractivity contribution in [1.82, 2.24) is 10.2 Å². The Bertz CT molecular complexity index is 480. The third-order valence-corrected chi connectivity index (χ3v) is 3.71. The van der Waals surface area contributed by atoms with Gasteiger partial charge < -0.3 is 15.7 Å². The van der Waals surface area contributed by atoms with Gasteiger partial charge in [0, 0.05) is 24.3 Å². The molecule has 1 aliphatic rings. The predicted molar refractivity (Wildman–Crippen MR) is 80.1 cm³/mol. The van der Waals surface area contributed by atoms with Crippen molar-refractivity contribution in [2.45, 2.75) is 20.3 Å². The molecule has 1 saturated heterocycles. The minimum atomic E-state index is -0.0294. The number of aromatic hydroxyl groups is 1. The van der Waals surface area contributed by atoms with E-state index in [2.05, 4.69) is 15.5 Å². The molecule has 0 unspecified atom stereocenters. The van der Waals surface area contributed by atoms with Crippen molar-refractivity contribution < 1.29 is 9.90 Å². The van der Waals surface area contributed by atoms with E-state index >= 15 is 0 Å². The number of hydrogen-bond acceptors (Lipinski definition) is 4. The third kappa shape index (κ3) is 3.71. The minimum Gasteiger partial charge on any atom is -0.507 e. The van der Waals surface area contributed by atoms with Crippen LogP contribution in [0.5, 0.6) is 5.75 Å². The molecule has 1 aromatic carbocycles. The molecule has 1 fully saturated rings. The molecule has 0 radical (unpaired) electrons. The van der Waals surface area contributed by atoms with E-state index in [1.54, 1.807) is 0 Å². The summed E-state index contributed by atoms with van der Waals surface area (Å²) in [5, 5.41) is 16.1. The minimum absolute atomic E-state index is 0.0294. The molecule has 0 bridgehead atoms. The fourth-order valence-electron chi connectivity index (χ4n) is 2.42. The molecule has 2 rings (SSSR count). The average molecular weight is 277 g/mol. The van der Waals surface area contributed by atoms with Gasteiger partial charge >= 0.3 is 0 Å². The van der Waals surface area contributed by atoms with Gasteiger partial charge in [0.2, 0.25) is 5.91 Å². The van der Waals surface area contributed by atoms with Crippen LogP contribution in [0.15, 0.2) is 12.1 Å². The number of phenolic OH excluding ortho intramolecular Hbond substituents is 1. The van der Waals surface area contributed by atoms with Crippen LogP contribution in [0.3, 0.4) is 0 Å². The predicted octanol–water partition coefficient (Wildman–Crippen LogP) is 1.24. The van der Waals surface area contributed by atoms with Crippen LogP contribution in [0.4, 0.5) is 5.69 Å². The molecule has 0 saturated carbocycles. The highest BCUT2D eigenvalue weighted by atomic mass is 16.3. The second-order valence-electron chi connectivity index (χ2n) is 5.33. The van der Waals surface area contributed by atoms with Crippen molar-refractivity contribution in [3.8, 4) is 5.75 Å². The van der Waals surface area contributed by atoms with Gasteiger partial charge in [-0.1, -0.05) is 6.07 Å². The zero-order valence-electron chi connectivity index (χ0n) is 12.2. The Morgan fingerprint density at radius 3 is 2.95 bits per heavy atom. The first-order valence-corrected chi connectivity index (χ1v) is 7.10. The number of amides is 1. The SMILES string of the molecule is Cc1ccc(NC(=O)CN2CCCNCC2)c(C)c1O. The maximum atomic E-state index is 12.1. The summed E-state index contributed by atoms with van der Waals surface area (Å²) >= 11 is 0. The molecule has 20 heavy (non-hydrogen) atoms. The van der Waals surface area contributed by atoms with Crippen molar-refractivity contribution in [2.75, 3.05) is 38.0 Å². The zero-order chi connectivity index (χ0) is 14.5. The van der Waals surface area contributed by atoms with Gasteiger partial charge in [0.1, 0.15) is 5.75 Å². The van der Waals surface area contributed by atoms with Gasteiger partial charge in [-0.3, -0.25) is 9.69 Å². The first-order chi connectivity index (χ1) is 9.58. The van der Waals surface area contributed by atoms with E-state index in [1.807, 2.05) is 26.0 Å². The number of benzene rings is 1. The Morgan fingerprint density at radius 2 is 2.15 bits per heavy atom. The van der Waals surface area contributed by atoms with Crippen LogP contribution >= 0.6 is 0 Å². The lowest BCUT2D eigenvalue weighted by Crippen LogP contribution is -2.35. The zero-order valence-corrected chi connectivity index (χ0v) is 12.2. The molecule has 1 amide bonds. The van der Waals surface area contributed by atoms with E-state index in [1.165, 1.54) is 0 Å². The number of hydrogen-bond donors (Lipinski definition) is 3. The summed E-state index contributed by atoms with van der Waals surface area (Å²) in [6.45, 7) is 7.84. The Hall–Kier alpha value is -1.59. The molecule has 5 heteroatoms. The lowest BCUT2D eigenvalue weighted by Gasteiger charge is -2.19. The van der Waals surface area contributed by atoms with Crippen LogP contribution in [-0.2, 0) is 4.79 Å². The van der Waals surface area contributed by atoms with Crippen molar-refractivity contribution in [1.29, 1.82) is 0 Å². The molecule has 1 aromatic rings. The molecule has 1 aliphatic heterocycles. The van der Waals surface area contributed by atoms with Crippen molar-refractivity contribution in [2.24, 2.45) is 0 Å². The van der Waals surface area contributed by atoms with Gasteiger partial charge in [-0.15, -0.1) is 0 Å². The number of nitrogens with one attached hydrogen (secondary N) is 2. The topological polar surface area (TPSA) is 64.6 Å². The van der Waals surface area contributed by atoms with E-state index in [0.29, 0.717) is 12.2 Å². The van der Waals surface area contributed by atoms with E-state index in [4.69, 9.17) is 0 Å². The molecular formula is C15H23N3O2. The van der Waals surface area contributed by atoms with E-state index in [9.17, 15) is 9.90 Å². The monoisotopic (exact) mass is 277 g/mol. The number of carbonyl (C=O) groups is 1. The normalized spacial score (nSPS) is 16.7. The van der Waals surface area contributed by atoms with Crippen LogP contribution in [0.2, 0.25) is 0 Å². The highest BCUT2D eigenvalue weighted by Gasteiger charge is 2.14. The van der Waals surface area contributed by atoms with Crippen molar-refractivity contribution in [3.63, 3.8) is 0 Å². The first kappa shape index (κ1) is 14.8. The number of rotatable bonds is 3.